The molecule has 0 aliphatic carbocycles. The van der Waals surface area contributed by atoms with Gasteiger partial charge in [0, 0.05) is 23.6 Å². The van der Waals surface area contributed by atoms with Crippen LogP contribution in [0.25, 0.3) is 0 Å². The van der Waals surface area contributed by atoms with Crippen LogP contribution in [0.2, 0.25) is 0 Å². The molecule has 4 rings (SSSR count). The van der Waals surface area contributed by atoms with Crippen molar-refractivity contribution in [3.05, 3.63) is 52.0 Å². The predicted octanol–water partition coefficient (Wildman–Crippen LogP) is 2.53. The number of anilines is 1. The molecule has 0 atom stereocenters. The minimum absolute atomic E-state index is 0.120. The van der Waals surface area contributed by atoms with Crippen molar-refractivity contribution < 1.29 is 17.9 Å². The molecule has 0 radical (unpaired) electrons. The van der Waals surface area contributed by atoms with E-state index < -0.39 is 10.0 Å². The second-order valence-electron chi connectivity index (χ2n) is 5.97. The number of nitrogens with one attached hydrogen (secondary N) is 1. The van der Waals surface area contributed by atoms with Crippen molar-refractivity contribution in [1.29, 1.82) is 0 Å². The number of carbonyl (C=O) groups is 1. The standard InChI is InChI=1S/C17H15BrN2O4S/c18-13-7-14-15(24-10-17(21)19-14)8-16(13)25(22,23)20-6-5-11-3-1-2-4-12(11)9-20/h1-4,7-8H,5-6,9-10H2,(H,19,21). The molecule has 0 unspecified atom stereocenters. The van der Waals surface area contributed by atoms with Crippen molar-refractivity contribution in [1.82, 2.24) is 4.31 Å². The lowest BCUT2D eigenvalue weighted by Crippen LogP contribution is -2.36. The van der Waals surface area contributed by atoms with Gasteiger partial charge in [-0.1, -0.05) is 24.3 Å². The van der Waals surface area contributed by atoms with Crippen LogP contribution in [0.15, 0.2) is 45.8 Å². The summed E-state index contributed by atoms with van der Waals surface area (Å²) in [6.45, 7) is 0.658. The topological polar surface area (TPSA) is 75.7 Å². The molecule has 130 valence electrons. The molecule has 2 aliphatic rings. The van der Waals surface area contributed by atoms with Gasteiger partial charge in [-0.05, 0) is 39.5 Å². The normalized spacial score (nSPS) is 17.2. The summed E-state index contributed by atoms with van der Waals surface area (Å²) >= 11 is 3.32. The van der Waals surface area contributed by atoms with Gasteiger partial charge in [0.1, 0.15) is 10.6 Å². The molecule has 2 aliphatic heterocycles. The van der Waals surface area contributed by atoms with E-state index in [0.717, 1.165) is 5.56 Å². The third kappa shape index (κ3) is 2.94. The molecule has 0 saturated heterocycles. The Morgan fingerprint density at radius 1 is 1.16 bits per heavy atom. The molecule has 6 nitrogen and oxygen atoms in total. The van der Waals surface area contributed by atoms with Crippen molar-refractivity contribution >= 4 is 37.5 Å². The van der Waals surface area contributed by atoms with Crippen LogP contribution in [0.3, 0.4) is 0 Å². The molecule has 0 aromatic heterocycles. The summed E-state index contributed by atoms with van der Waals surface area (Å²) in [7, 11) is -3.69. The molecule has 0 fully saturated rings. The zero-order valence-electron chi connectivity index (χ0n) is 13.2. The average Bonchev–Trinajstić information content (AvgIpc) is 2.60. The van der Waals surface area contributed by atoms with Crippen molar-refractivity contribution in [2.45, 2.75) is 17.9 Å². The maximum absolute atomic E-state index is 13.1. The molecular formula is C17H15BrN2O4S. The number of ether oxygens (including phenoxy) is 1. The second kappa shape index (κ2) is 6.12. The van der Waals surface area contributed by atoms with E-state index in [1.807, 2.05) is 24.3 Å². The summed E-state index contributed by atoms with van der Waals surface area (Å²) in [5, 5.41) is 2.67. The highest BCUT2D eigenvalue weighted by molar-refractivity contribution is 9.10. The lowest BCUT2D eigenvalue weighted by molar-refractivity contribution is -0.118. The number of carbonyl (C=O) groups excluding carboxylic acids is 1. The fourth-order valence-electron chi connectivity index (χ4n) is 3.09. The number of hydrogen-bond donors (Lipinski definition) is 1. The number of sulfonamides is 1. The molecule has 2 aromatic rings. The van der Waals surface area contributed by atoms with Crippen LogP contribution in [0.4, 0.5) is 5.69 Å². The lowest BCUT2D eigenvalue weighted by atomic mass is 10.0. The Bertz CT molecular complexity index is 975. The number of hydrogen-bond acceptors (Lipinski definition) is 4. The Morgan fingerprint density at radius 2 is 1.92 bits per heavy atom. The molecule has 1 amide bonds. The Balaban J connectivity index is 1.71. The fraction of sp³-hybridized carbons (Fsp3) is 0.235. The first-order chi connectivity index (χ1) is 11.9. The van der Waals surface area contributed by atoms with Gasteiger partial charge in [0.2, 0.25) is 10.0 Å². The van der Waals surface area contributed by atoms with E-state index in [2.05, 4.69) is 21.2 Å². The van der Waals surface area contributed by atoms with Crippen LogP contribution in [-0.2, 0) is 27.8 Å². The highest BCUT2D eigenvalue weighted by atomic mass is 79.9. The van der Waals surface area contributed by atoms with Gasteiger partial charge in [-0.15, -0.1) is 0 Å². The number of fused-ring (bicyclic) bond motifs is 2. The second-order valence-corrected chi connectivity index (χ2v) is 8.73. The fourth-order valence-corrected chi connectivity index (χ4v) is 5.53. The maximum atomic E-state index is 13.1. The van der Waals surface area contributed by atoms with Gasteiger partial charge in [-0.25, -0.2) is 8.42 Å². The molecular weight excluding hydrogens is 408 g/mol. The number of halogens is 1. The zero-order valence-corrected chi connectivity index (χ0v) is 15.6. The molecule has 0 saturated carbocycles. The largest absolute Gasteiger partial charge is 0.482 e. The molecule has 2 aromatic carbocycles. The Hall–Kier alpha value is -1.90. The van der Waals surface area contributed by atoms with E-state index in [1.165, 1.54) is 15.9 Å². The summed E-state index contributed by atoms with van der Waals surface area (Å²) < 4.78 is 33.5. The van der Waals surface area contributed by atoms with Crippen molar-refractivity contribution in [3.63, 3.8) is 0 Å². The number of amides is 1. The summed E-state index contributed by atoms with van der Waals surface area (Å²) in [5.41, 5.74) is 2.67. The number of nitrogens with zero attached hydrogens (tertiary/aromatic N) is 1. The average molecular weight is 423 g/mol. The van der Waals surface area contributed by atoms with Gasteiger partial charge in [0.15, 0.2) is 6.61 Å². The third-order valence-electron chi connectivity index (χ3n) is 4.38. The van der Waals surface area contributed by atoms with E-state index in [-0.39, 0.29) is 17.4 Å². The third-order valence-corrected chi connectivity index (χ3v) is 7.18. The van der Waals surface area contributed by atoms with Crippen molar-refractivity contribution in [2.24, 2.45) is 0 Å². The molecule has 0 bridgehead atoms. The molecule has 8 heteroatoms. The van der Waals surface area contributed by atoms with Crippen LogP contribution < -0.4 is 10.1 Å². The van der Waals surface area contributed by atoms with Gasteiger partial charge in [-0.3, -0.25) is 4.79 Å². The van der Waals surface area contributed by atoms with E-state index in [0.29, 0.717) is 35.4 Å². The first-order valence-corrected chi connectivity index (χ1v) is 10.0. The van der Waals surface area contributed by atoms with Crippen LogP contribution in [0, 0.1) is 0 Å². The monoisotopic (exact) mass is 422 g/mol. The van der Waals surface area contributed by atoms with Gasteiger partial charge in [0.25, 0.3) is 5.91 Å². The molecule has 0 spiro atoms. The minimum atomic E-state index is -3.69. The first-order valence-electron chi connectivity index (χ1n) is 7.78. The number of benzene rings is 2. The highest BCUT2D eigenvalue weighted by Gasteiger charge is 2.31. The molecule has 2 heterocycles. The van der Waals surface area contributed by atoms with Gasteiger partial charge >= 0.3 is 0 Å². The van der Waals surface area contributed by atoms with Gasteiger partial charge in [0.05, 0.1) is 5.69 Å². The predicted molar refractivity (Wildman–Crippen MR) is 96.0 cm³/mol. The smallest absolute Gasteiger partial charge is 0.262 e. The van der Waals surface area contributed by atoms with Crippen LogP contribution in [0.1, 0.15) is 11.1 Å². The quantitative estimate of drug-likeness (QED) is 0.806. The van der Waals surface area contributed by atoms with Crippen LogP contribution in [0.5, 0.6) is 5.75 Å². The summed E-state index contributed by atoms with van der Waals surface area (Å²) in [4.78, 5) is 11.5. The zero-order chi connectivity index (χ0) is 17.6. The van der Waals surface area contributed by atoms with Crippen molar-refractivity contribution in [2.75, 3.05) is 18.5 Å². The van der Waals surface area contributed by atoms with Gasteiger partial charge in [-0.2, -0.15) is 4.31 Å². The summed E-state index contributed by atoms with van der Waals surface area (Å²) in [6.07, 6.45) is 0.685. The molecule has 1 N–H and O–H groups in total. The highest BCUT2D eigenvalue weighted by Crippen LogP contribution is 2.37. The number of rotatable bonds is 2. The van der Waals surface area contributed by atoms with E-state index in [4.69, 9.17) is 4.74 Å². The van der Waals surface area contributed by atoms with E-state index in [1.54, 1.807) is 6.07 Å². The Labute approximate surface area is 154 Å². The molecule has 25 heavy (non-hydrogen) atoms. The van der Waals surface area contributed by atoms with Crippen LogP contribution >= 0.6 is 15.9 Å². The minimum Gasteiger partial charge on any atom is -0.482 e. The lowest BCUT2D eigenvalue weighted by Gasteiger charge is -2.29. The van der Waals surface area contributed by atoms with Crippen LogP contribution in [-0.4, -0.2) is 31.8 Å². The summed E-state index contributed by atoms with van der Waals surface area (Å²) in [5.74, 6) is 0.0985. The Kier molecular flexibility index (Phi) is 4.05. The van der Waals surface area contributed by atoms with E-state index >= 15 is 0 Å². The first kappa shape index (κ1) is 16.6. The van der Waals surface area contributed by atoms with Gasteiger partial charge < -0.3 is 10.1 Å². The van der Waals surface area contributed by atoms with E-state index in [9.17, 15) is 13.2 Å². The SMILES string of the molecule is O=C1COc2cc(S(=O)(=O)N3CCc4ccccc4C3)c(Br)cc2N1. The Morgan fingerprint density at radius 3 is 2.72 bits per heavy atom. The van der Waals surface area contributed by atoms with Crippen molar-refractivity contribution in [3.8, 4) is 5.75 Å². The maximum Gasteiger partial charge on any atom is 0.262 e. The summed E-state index contributed by atoms with van der Waals surface area (Å²) in [6, 6.07) is 10.9.